The van der Waals surface area contributed by atoms with E-state index in [1.54, 1.807) is 12.3 Å². The lowest BCUT2D eigenvalue weighted by atomic mass is 9.91. The summed E-state index contributed by atoms with van der Waals surface area (Å²) in [5.41, 5.74) is 10.4. The van der Waals surface area contributed by atoms with Crippen LogP contribution in [0.25, 0.3) is 28.1 Å². The third-order valence-electron chi connectivity index (χ3n) is 8.24. The van der Waals surface area contributed by atoms with Crippen molar-refractivity contribution in [3.63, 3.8) is 0 Å². The maximum absolute atomic E-state index is 14.7. The van der Waals surface area contributed by atoms with Gasteiger partial charge in [-0.2, -0.15) is 5.10 Å². The van der Waals surface area contributed by atoms with E-state index in [0.29, 0.717) is 28.6 Å². The smallest absolute Gasteiger partial charge is 0.202 e. The van der Waals surface area contributed by atoms with Crippen molar-refractivity contribution in [2.75, 3.05) is 24.5 Å². The lowest BCUT2D eigenvalue weighted by Crippen LogP contribution is -2.32. The van der Waals surface area contributed by atoms with Crippen LogP contribution in [0.5, 0.6) is 0 Å². The van der Waals surface area contributed by atoms with Gasteiger partial charge in [0.25, 0.3) is 0 Å². The highest BCUT2D eigenvalue weighted by Crippen LogP contribution is 2.63. The van der Waals surface area contributed by atoms with Crippen molar-refractivity contribution in [2.24, 2.45) is 17.6 Å². The Labute approximate surface area is 218 Å². The van der Waals surface area contributed by atoms with Crippen LogP contribution in [0.3, 0.4) is 0 Å². The number of aromatic amines is 1. The summed E-state index contributed by atoms with van der Waals surface area (Å²) in [6, 6.07) is 16.9. The second-order valence-corrected chi connectivity index (χ2v) is 10.3. The minimum absolute atomic E-state index is 0.167. The monoisotopic (exact) mass is 513 g/mol. The summed E-state index contributed by atoms with van der Waals surface area (Å²) in [5.74, 6) is 1.27. The third-order valence-corrected chi connectivity index (χ3v) is 8.55. The van der Waals surface area contributed by atoms with Gasteiger partial charge in [-0.3, -0.25) is 5.10 Å². The Morgan fingerprint density at radius 3 is 2.73 bits per heavy atom. The first-order chi connectivity index (χ1) is 18.1. The maximum Gasteiger partial charge on any atom is 0.202 e. The molecule has 0 bridgehead atoms. The quantitative estimate of drug-likeness (QED) is 0.347. The molecule has 37 heavy (non-hydrogen) atoms. The van der Waals surface area contributed by atoms with Gasteiger partial charge in [0.05, 0.1) is 16.9 Å². The Kier molecular flexibility index (Phi) is 5.09. The number of aromatic nitrogens is 5. The molecule has 2 aliphatic rings. The minimum Gasteiger partial charge on any atom is -0.355 e. The first-order valence-corrected chi connectivity index (χ1v) is 12.8. The van der Waals surface area contributed by atoms with Gasteiger partial charge < -0.3 is 15.2 Å². The highest BCUT2D eigenvalue weighted by Gasteiger charge is 2.66. The second-order valence-electron chi connectivity index (χ2n) is 9.93. The molecule has 7 nitrogen and oxygen atoms in total. The van der Waals surface area contributed by atoms with Gasteiger partial charge in [-0.15, -0.1) is 0 Å². The minimum atomic E-state index is -0.305. The zero-order valence-electron chi connectivity index (χ0n) is 20.0. The van der Waals surface area contributed by atoms with Crippen LogP contribution >= 0.6 is 11.6 Å². The summed E-state index contributed by atoms with van der Waals surface area (Å²) in [6.07, 6.45) is 6.68. The molecule has 4 heterocycles. The number of nitrogens with two attached hydrogens (primary N) is 1. The van der Waals surface area contributed by atoms with Crippen LogP contribution < -0.4 is 10.6 Å². The van der Waals surface area contributed by atoms with Gasteiger partial charge in [0.2, 0.25) is 5.65 Å². The highest BCUT2D eigenvalue weighted by atomic mass is 35.5. The average Bonchev–Trinajstić information content (AvgIpc) is 3.26. The zero-order chi connectivity index (χ0) is 25.1. The molecule has 2 aromatic carbocycles. The number of nitrogens with one attached hydrogen (secondary N) is 1. The molecule has 0 radical (unpaired) electrons. The number of piperidine rings is 1. The summed E-state index contributed by atoms with van der Waals surface area (Å²) in [5, 5.41) is 8.12. The standard InChI is InChI=1S/C28H25ClFN7/c29-22-13-17(36-10-3-4-11-36)7-8-18(22)25-26-27(35-34-25)33-24(14-32-26)37-12-9-19-21(15-37)28(19,16-31)20-5-1-2-6-23(20)30/h1-8,10-11,13-14,19,21H,9,12,15-16,31H2,(H,33,34,35)/t19-,21+,28-/m1/s1. The Morgan fingerprint density at radius 1 is 1.11 bits per heavy atom. The Bertz CT molecular complexity index is 1610. The van der Waals surface area contributed by atoms with Gasteiger partial charge in [-0.25, -0.2) is 14.4 Å². The van der Waals surface area contributed by atoms with Crippen LogP contribution in [0.1, 0.15) is 12.0 Å². The van der Waals surface area contributed by atoms with E-state index in [9.17, 15) is 4.39 Å². The Balaban J connectivity index is 1.16. The molecule has 0 spiro atoms. The van der Waals surface area contributed by atoms with E-state index in [0.717, 1.165) is 47.8 Å². The van der Waals surface area contributed by atoms with Crippen LogP contribution in [0, 0.1) is 17.7 Å². The first-order valence-electron chi connectivity index (χ1n) is 12.4. The third kappa shape index (κ3) is 3.39. The van der Waals surface area contributed by atoms with E-state index in [1.165, 1.54) is 6.07 Å². The van der Waals surface area contributed by atoms with Crippen molar-refractivity contribution >= 4 is 28.6 Å². The number of hydrogen-bond acceptors (Lipinski definition) is 5. The molecule has 0 amide bonds. The van der Waals surface area contributed by atoms with E-state index in [2.05, 4.69) is 15.1 Å². The summed E-state index contributed by atoms with van der Waals surface area (Å²) >= 11 is 6.66. The van der Waals surface area contributed by atoms with E-state index in [1.807, 2.05) is 59.4 Å². The summed E-state index contributed by atoms with van der Waals surface area (Å²) in [7, 11) is 0. The Morgan fingerprint density at radius 2 is 1.95 bits per heavy atom. The molecule has 1 aliphatic heterocycles. The molecule has 0 unspecified atom stereocenters. The Hall–Kier alpha value is -3.75. The van der Waals surface area contributed by atoms with E-state index in [4.69, 9.17) is 27.3 Å². The molecule has 186 valence electrons. The molecule has 1 saturated heterocycles. The first kappa shape index (κ1) is 22.4. The molecule has 3 aromatic heterocycles. The average molecular weight is 514 g/mol. The van der Waals surface area contributed by atoms with Crippen molar-refractivity contribution in [3.8, 4) is 16.9 Å². The van der Waals surface area contributed by atoms with Gasteiger partial charge in [-0.1, -0.05) is 29.8 Å². The molecular weight excluding hydrogens is 489 g/mol. The number of hydrogen-bond donors (Lipinski definition) is 2. The van der Waals surface area contributed by atoms with Crippen LogP contribution in [0.4, 0.5) is 10.2 Å². The van der Waals surface area contributed by atoms with E-state index < -0.39 is 0 Å². The largest absolute Gasteiger partial charge is 0.355 e. The van der Waals surface area contributed by atoms with Gasteiger partial charge in [0.1, 0.15) is 17.2 Å². The maximum atomic E-state index is 14.7. The lowest BCUT2D eigenvalue weighted by molar-refractivity contribution is 0.533. The van der Waals surface area contributed by atoms with Crippen molar-refractivity contribution in [2.45, 2.75) is 11.8 Å². The topological polar surface area (TPSA) is 88.6 Å². The molecule has 3 N–H and O–H groups in total. The number of anilines is 1. The number of rotatable bonds is 5. The van der Waals surface area contributed by atoms with Crippen molar-refractivity contribution in [1.82, 2.24) is 24.7 Å². The zero-order valence-corrected chi connectivity index (χ0v) is 20.7. The lowest BCUT2D eigenvalue weighted by Gasteiger charge is -2.26. The van der Waals surface area contributed by atoms with Gasteiger partial charge in [0, 0.05) is 48.7 Å². The van der Waals surface area contributed by atoms with Crippen LogP contribution in [-0.4, -0.2) is 44.4 Å². The van der Waals surface area contributed by atoms with Crippen molar-refractivity contribution in [3.05, 3.63) is 89.6 Å². The molecule has 1 aliphatic carbocycles. The fourth-order valence-corrected chi connectivity index (χ4v) is 6.61. The molecule has 2 fully saturated rings. The summed E-state index contributed by atoms with van der Waals surface area (Å²) in [4.78, 5) is 11.8. The molecule has 5 aromatic rings. The molecule has 9 heteroatoms. The number of fused-ring (bicyclic) bond motifs is 2. The number of halogens is 2. The SMILES string of the molecule is NC[C@]1(c2ccccc2F)[C@@H]2CCN(c3cnc4c(-c5ccc(-n6cccc6)cc5Cl)[nH]nc4n3)C[C@@H]21. The van der Waals surface area contributed by atoms with Crippen molar-refractivity contribution < 1.29 is 4.39 Å². The van der Waals surface area contributed by atoms with E-state index in [-0.39, 0.29) is 17.2 Å². The fraction of sp³-hybridized carbons (Fsp3) is 0.250. The van der Waals surface area contributed by atoms with E-state index >= 15 is 0 Å². The normalized spacial score (nSPS) is 22.8. The van der Waals surface area contributed by atoms with Crippen LogP contribution in [0.2, 0.25) is 5.02 Å². The molecular formula is C28H25ClFN7. The molecule has 3 atom stereocenters. The molecule has 7 rings (SSSR count). The van der Waals surface area contributed by atoms with Gasteiger partial charge >= 0.3 is 0 Å². The second kappa shape index (κ2) is 8.39. The predicted octanol–water partition coefficient (Wildman–Crippen LogP) is 4.96. The number of nitrogens with zero attached hydrogens (tertiary/aromatic N) is 5. The van der Waals surface area contributed by atoms with Gasteiger partial charge in [0.15, 0.2) is 0 Å². The number of H-pyrrole nitrogens is 1. The molecule has 1 saturated carbocycles. The van der Waals surface area contributed by atoms with Crippen molar-refractivity contribution in [1.29, 1.82) is 0 Å². The number of benzene rings is 2. The fourth-order valence-electron chi connectivity index (χ4n) is 6.34. The van der Waals surface area contributed by atoms with Crippen LogP contribution in [-0.2, 0) is 5.41 Å². The van der Waals surface area contributed by atoms with Gasteiger partial charge in [-0.05, 0) is 60.2 Å². The van der Waals surface area contributed by atoms with Crippen LogP contribution in [0.15, 0.2) is 73.2 Å². The predicted molar refractivity (Wildman–Crippen MR) is 142 cm³/mol. The highest BCUT2D eigenvalue weighted by molar-refractivity contribution is 6.33. The summed E-state index contributed by atoms with van der Waals surface area (Å²) in [6.45, 7) is 2.02. The summed E-state index contributed by atoms with van der Waals surface area (Å²) < 4.78 is 16.7.